The predicted molar refractivity (Wildman–Crippen MR) is 64.0 cm³/mol. The molecule has 1 aromatic carbocycles. The first-order chi connectivity index (χ1) is 8.17. The predicted octanol–water partition coefficient (Wildman–Crippen LogP) is 2.17. The Kier molecular flexibility index (Phi) is 3.26. The molecule has 0 saturated heterocycles. The summed E-state index contributed by atoms with van der Waals surface area (Å²) in [5.74, 6) is -0.523. The first kappa shape index (κ1) is 11.8. The maximum absolute atomic E-state index is 11.6. The number of aliphatic hydroxyl groups is 1. The highest BCUT2D eigenvalue weighted by molar-refractivity contribution is 6.35. The van der Waals surface area contributed by atoms with Gasteiger partial charge in [0.2, 0.25) is 0 Å². The molecule has 0 aliphatic heterocycles. The topological polar surface area (TPSA) is 59.4 Å². The van der Waals surface area contributed by atoms with E-state index in [2.05, 4.69) is 9.72 Å². The molecule has 88 valence electrons. The van der Waals surface area contributed by atoms with Gasteiger partial charge in [0.05, 0.1) is 24.3 Å². The minimum absolute atomic E-state index is 0.0981. The lowest BCUT2D eigenvalue weighted by Crippen LogP contribution is -2.04. The van der Waals surface area contributed by atoms with Gasteiger partial charge in [-0.2, -0.15) is 0 Å². The van der Waals surface area contributed by atoms with Crippen LogP contribution >= 0.6 is 11.6 Å². The van der Waals surface area contributed by atoms with E-state index < -0.39 is 5.97 Å². The van der Waals surface area contributed by atoms with E-state index >= 15 is 0 Å². The second-order valence-electron chi connectivity index (χ2n) is 3.49. The van der Waals surface area contributed by atoms with Gasteiger partial charge in [0.15, 0.2) is 0 Å². The van der Waals surface area contributed by atoms with Crippen LogP contribution in [0.2, 0.25) is 5.02 Å². The van der Waals surface area contributed by atoms with E-state index in [1.54, 1.807) is 18.2 Å². The quantitative estimate of drug-likeness (QED) is 0.831. The number of aliphatic hydroxyl groups excluding tert-OH is 1. The van der Waals surface area contributed by atoms with Crippen LogP contribution in [0.4, 0.5) is 0 Å². The Labute approximate surface area is 103 Å². The largest absolute Gasteiger partial charge is 0.465 e. The van der Waals surface area contributed by atoms with Crippen LogP contribution in [0.3, 0.4) is 0 Å². The van der Waals surface area contributed by atoms with Crippen LogP contribution < -0.4 is 0 Å². The summed E-state index contributed by atoms with van der Waals surface area (Å²) in [7, 11) is 1.29. The van der Waals surface area contributed by atoms with Crippen molar-refractivity contribution in [3.63, 3.8) is 0 Å². The van der Waals surface area contributed by atoms with E-state index in [0.29, 0.717) is 16.1 Å². The van der Waals surface area contributed by atoms with Gasteiger partial charge in [-0.3, -0.25) is 4.98 Å². The molecule has 0 spiro atoms. The number of esters is 1. The molecule has 0 aliphatic rings. The molecule has 0 unspecified atom stereocenters. The van der Waals surface area contributed by atoms with Gasteiger partial charge in [0.1, 0.15) is 5.56 Å². The Morgan fingerprint density at radius 3 is 2.94 bits per heavy atom. The molecule has 0 atom stereocenters. The van der Waals surface area contributed by atoms with Crippen molar-refractivity contribution >= 4 is 28.5 Å². The highest BCUT2D eigenvalue weighted by Crippen LogP contribution is 2.25. The van der Waals surface area contributed by atoms with Gasteiger partial charge < -0.3 is 9.84 Å². The number of benzene rings is 1. The number of aromatic nitrogens is 1. The molecule has 2 aromatic rings. The van der Waals surface area contributed by atoms with Crippen LogP contribution in [0.5, 0.6) is 0 Å². The minimum atomic E-state index is -0.523. The van der Waals surface area contributed by atoms with Gasteiger partial charge in [-0.1, -0.05) is 17.7 Å². The number of methoxy groups -OCH3 is 1. The fraction of sp³-hybridized carbons (Fsp3) is 0.167. The summed E-state index contributed by atoms with van der Waals surface area (Å²) in [5.41, 5.74) is 1.40. The average Bonchev–Trinajstić information content (AvgIpc) is 2.37. The molecule has 1 aromatic heterocycles. The van der Waals surface area contributed by atoms with Gasteiger partial charge in [0.25, 0.3) is 0 Å². The van der Waals surface area contributed by atoms with E-state index in [1.807, 2.05) is 0 Å². The van der Waals surface area contributed by atoms with Gasteiger partial charge in [-0.05, 0) is 17.7 Å². The van der Waals surface area contributed by atoms with Crippen LogP contribution in [-0.2, 0) is 11.3 Å². The molecule has 2 rings (SSSR count). The van der Waals surface area contributed by atoms with E-state index in [0.717, 1.165) is 5.39 Å². The molecule has 1 heterocycles. The van der Waals surface area contributed by atoms with E-state index in [-0.39, 0.29) is 12.2 Å². The normalized spacial score (nSPS) is 10.5. The molecule has 0 amide bonds. The van der Waals surface area contributed by atoms with Crippen LogP contribution in [0.1, 0.15) is 15.9 Å². The van der Waals surface area contributed by atoms with Crippen LogP contribution in [0, 0.1) is 0 Å². The summed E-state index contributed by atoms with van der Waals surface area (Å²) in [6, 6.07) is 5.11. The second-order valence-corrected chi connectivity index (χ2v) is 3.89. The van der Waals surface area contributed by atoms with Crippen LogP contribution in [0.15, 0.2) is 24.4 Å². The van der Waals surface area contributed by atoms with Crippen molar-refractivity contribution < 1.29 is 14.6 Å². The smallest absolute Gasteiger partial charge is 0.341 e. The molecular weight excluding hydrogens is 242 g/mol. The maximum Gasteiger partial charge on any atom is 0.341 e. The average molecular weight is 252 g/mol. The zero-order valence-corrected chi connectivity index (χ0v) is 9.86. The lowest BCUT2D eigenvalue weighted by molar-refractivity contribution is 0.0603. The summed E-state index contributed by atoms with van der Waals surface area (Å²) < 4.78 is 4.67. The van der Waals surface area contributed by atoms with Crippen molar-refractivity contribution in [2.75, 3.05) is 7.11 Å². The third kappa shape index (κ3) is 2.09. The SMILES string of the molecule is COC(=O)c1c(Cl)ccc2cc(CO)cnc12. The molecule has 0 radical (unpaired) electrons. The van der Waals surface area contributed by atoms with Gasteiger partial charge in [0, 0.05) is 11.6 Å². The van der Waals surface area contributed by atoms with Crippen molar-refractivity contribution in [3.8, 4) is 0 Å². The van der Waals surface area contributed by atoms with Crippen molar-refractivity contribution in [2.45, 2.75) is 6.61 Å². The van der Waals surface area contributed by atoms with Crippen molar-refractivity contribution in [3.05, 3.63) is 40.5 Å². The number of pyridine rings is 1. The number of carbonyl (C=O) groups is 1. The first-order valence-electron chi connectivity index (χ1n) is 4.93. The number of hydrogen-bond acceptors (Lipinski definition) is 4. The van der Waals surface area contributed by atoms with Crippen molar-refractivity contribution in [1.29, 1.82) is 0 Å². The lowest BCUT2D eigenvalue weighted by atomic mass is 10.1. The third-order valence-electron chi connectivity index (χ3n) is 2.43. The summed E-state index contributed by atoms with van der Waals surface area (Å²) >= 11 is 5.96. The Hall–Kier alpha value is -1.65. The highest BCUT2D eigenvalue weighted by atomic mass is 35.5. The number of nitrogens with zero attached hydrogens (tertiary/aromatic N) is 1. The maximum atomic E-state index is 11.6. The van der Waals surface area contributed by atoms with Crippen molar-refractivity contribution in [2.24, 2.45) is 0 Å². The summed E-state index contributed by atoms with van der Waals surface area (Å²) in [6.07, 6.45) is 1.51. The van der Waals surface area contributed by atoms with Gasteiger partial charge in [-0.15, -0.1) is 0 Å². The molecule has 0 bridgehead atoms. The van der Waals surface area contributed by atoms with Gasteiger partial charge >= 0.3 is 5.97 Å². The number of rotatable bonds is 2. The third-order valence-corrected chi connectivity index (χ3v) is 2.75. The zero-order valence-electron chi connectivity index (χ0n) is 9.11. The highest BCUT2D eigenvalue weighted by Gasteiger charge is 2.16. The molecule has 5 heteroatoms. The molecule has 1 N–H and O–H groups in total. The summed E-state index contributed by atoms with van der Waals surface area (Å²) in [6.45, 7) is -0.0981. The monoisotopic (exact) mass is 251 g/mol. The standard InChI is InChI=1S/C12H10ClNO3/c1-17-12(16)10-9(13)3-2-8-4-7(6-15)5-14-11(8)10/h2-5,15H,6H2,1H3. The van der Waals surface area contributed by atoms with Crippen LogP contribution in [0.25, 0.3) is 10.9 Å². The number of halogens is 1. The molecule has 0 saturated carbocycles. The zero-order chi connectivity index (χ0) is 12.4. The van der Waals surface area contributed by atoms with Crippen LogP contribution in [-0.4, -0.2) is 23.2 Å². The Balaban J connectivity index is 2.73. The molecule has 17 heavy (non-hydrogen) atoms. The molecule has 0 aliphatic carbocycles. The van der Waals surface area contributed by atoms with E-state index in [9.17, 15) is 4.79 Å². The Morgan fingerprint density at radius 1 is 1.53 bits per heavy atom. The fourth-order valence-electron chi connectivity index (χ4n) is 1.61. The number of fused-ring (bicyclic) bond motifs is 1. The van der Waals surface area contributed by atoms with Gasteiger partial charge in [-0.25, -0.2) is 4.79 Å². The lowest BCUT2D eigenvalue weighted by Gasteiger charge is -2.07. The number of ether oxygens (including phenoxy) is 1. The van der Waals surface area contributed by atoms with Crippen molar-refractivity contribution in [1.82, 2.24) is 4.98 Å². The number of hydrogen-bond donors (Lipinski definition) is 1. The molecule has 0 fully saturated rings. The minimum Gasteiger partial charge on any atom is -0.465 e. The van der Waals surface area contributed by atoms with E-state index in [4.69, 9.17) is 16.7 Å². The molecular formula is C12H10ClNO3. The first-order valence-corrected chi connectivity index (χ1v) is 5.31. The second kappa shape index (κ2) is 4.69. The number of carbonyl (C=O) groups excluding carboxylic acids is 1. The fourth-order valence-corrected chi connectivity index (χ4v) is 1.84. The Morgan fingerprint density at radius 2 is 2.29 bits per heavy atom. The Bertz CT molecular complexity index is 583. The molecule has 4 nitrogen and oxygen atoms in total. The summed E-state index contributed by atoms with van der Waals surface area (Å²) in [5, 5.41) is 10.1. The summed E-state index contributed by atoms with van der Waals surface area (Å²) in [4.78, 5) is 15.7. The van der Waals surface area contributed by atoms with E-state index in [1.165, 1.54) is 13.3 Å².